The van der Waals surface area contributed by atoms with Gasteiger partial charge in [0, 0.05) is 55.4 Å². The second kappa shape index (κ2) is 9.82. The third-order valence-corrected chi connectivity index (χ3v) is 6.19. The Balaban J connectivity index is 1.64. The Kier molecular flexibility index (Phi) is 7.18. The largest absolute Gasteiger partial charge is 0.371 e. The van der Waals surface area contributed by atoms with Crippen molar-refractivity contribution in [1.82, 2.24) is 15.2 Å². The molecule has 0 aliphatic carbocycles. The third-order valence-electron chi connectivity index (χ3n) is 6.19. The van der Waals surface area contributed by atoms with Gasteiger partial charge in [0.2, 0.25) is 0 Å². The molecule has 1 saturated heterocycles. The van der Waals surface area contributed by atoms with Crippen LogP contribution in [0.1, 0.15) is 32.3 Å². The number of piperidine rings is 1. The van der Waals surface area contributed by atoms with Gasteiger partial charge in [-0.05, 0) is 50.2 Å². The maximum absolute atomic E-state index is 11.9. The number of rotatable bonds is 9. The lowest BCUT2D eigenvalue weighted by atomic mass is 9.79. The van der Waals surface area contributed by atoms with E-state index in [9.17, 15) is 10.1 Å². The minimum Gasteiger partial charge on any atom is -0.371 e. The van der Waals surface area contributed by atoms with E-state index in [0.29, 0.717) is 5.56 Å². The smallest absolute Gasteiger partial charge is 0.127 e. The monoisotopic (exact) mass is 393 g/mol. The van der Waals surface area contributed by atoms with E-state index >= 15 is 0 Å². The lowest BCUT2D eigenvalue weighted by Gasteiger charge is -2.40. The average molecular weight is 394 g/mol. The Morgan fingerprint density at radius 2 is 2.03 bits per heavy atom. The number of likely N-dealkylation sites (N-methyl/N-ethyl adjacent to an activating group) is 1. The predicted molar refractivity (Wildman–Crippen MR) is 117 cm³/mol. The van der Waals surface area contributed by atoms with Crippen LogP contribution in [0.2, 0.25) is 0 Å². The lowest BCUT2D eigenvalue weighted by Crippen LogP contribution is -2.47. The van der Waals surface area contributed by atoms with Gasteiger partial charge in [0.1, 0.15) is 12.4 Å². The highest BCUT2D eigenvalue weighted by Gasteiger charge is 2.34. The fourth-order valence-electron chi connectivity index (χ4n) is 4.17. The van der Waals surface area contributed by atoms with Gasteiger partial charge >= 0.3 is 0 Å². The molecule has 1 N–H and O–H groups in total. The number of anilines is 1. The van der Waals surface area contributed by atoms with Crippen LogP contribution in [0.5, 0.6) is 0 Å². The van der Waals surface area contributed by atoms with E-state index in [2.05, 4.69) is 40.0 Å². The zero-order chi connectivity index (χ0) is 20.7. The van der Waals surface area contributed by atoms with Crippen molar-refractivity contribution in [2.75, 3.05) is 50.7 Å². The number of nitrogens with zero attached hydrogens (tertiary/aromatic N) is 4. The minimum atomic E-state index is -0.291. The van der Waals surface area contributed by atoms with Crippen LogP contribution in [-0.4, -0.2) is 62.0 Å². The summed E-state index contributed by atoms with van der Waals surface area (Å²) >= 11 is 0. The molecule has 1 fully saturated rings. The lowest BCUT2D eigenvalue weighted by molar-refractivity contribution is -0.117. The molecule has 2 aromatic rings. The highest BCUT2D eigenvalue weighted by atomic mass is 16.1. The highest BCUT2D eigenvalue weighted by Crippen LogP contribution is 2.34. The molecular weight excluding hydrogens is 362 g/mol. The van der Waals surface area contributed by atoms with Gasteiger partial charge < -0.3 is 19.9 Å². The summed E-state index contributed by atoms with van der Waals surface area (Å²) in [7, 11) is 0. The van der Waals surface area contributed by atoms with E-state index in [1.807, 2.05) is 24.3 Å². The van der Waals surface area contributed by atoms with Gasteiger partial charge in [0.25, 0.3) is 0 Å². The Bertz CT molecular complexity index is 863. The molecule has 0 spiro atoms. The molecule has 2 heterocycles. The maximum Gasteiger partial charge on any atom is 0.127 e. The quantitative estimate of drug-likeness (QED) is 0.522. The summed E-state index contributed by atoms with van der Waals surface area (Å²) in [5.74, 6) is 0. The molecule has 1 aliphatic heterocycles. The number of aldehydes is 1. The van der Waals surface area contributed by atoms with Crippen molar-refractivity contribution in [3.05, 3.63) is 36.0 Å². The van der Waals surface area contributed by atoms with Crippen LogP contribution in [-0.2, 0) is 4.79 Å². The summed E-state index contributed by atoms with van der Waals surface area (Å²) in [4.78, 5) is 21.1. The van der Waals surface area contributed by atoms with Gasteiger partial charge in [-0.25, -0.2) is 0 Å². The van der Waals surface area contributed by atoms with Gasteiger partial charge in [-0.15, -0.1) is 0 Å². The molecule has 0 saturated carbocycles. The molecule has 0 bridgehead atoms. The first kappa shape index (κ1) is 21.2. The van der Waals surface area contributed by atoms with Gasteiger partial charge in [0.15, 0.2) is 0 Å². The predicted octanol–water partition coefficient (Wildman–Crippen LogP) is 2.82. The van der Waals surface area contributed by atoms with Crippen LogP contribution in [0, 0.1) is 16.7 Å². The normalized spacial score (nSPS) is 16.1. The summed E-state index contributed by atoms with van der Waals surface area (Å²) in [5, 5.41) is 13.9. The fraction of sp³-hybridized carbons (Fsp3) is 0.522. The Labute approximate surface area is 173 Å². The number of nitriles is 1. The number of carbonyl (C=O) groups is 1. The summed E-state index contributed by atoms with van der Waals surface area (Å²) in [6.45, 7) is 10.8. The Morgan fingerprint density at radius 3 is 2.69 bits per heavy atom. The van der Waals surface area contributed by atoms with Gasteiger partial charge in [-0.2, -0.15) is 5.26 Å². The van der Waals surface area contributed by atoms with Crippen molar-refractivity contribution < 1.29 is 4.79 Å². The minimum absolute atomic E-state index is 0.291. The van der Waals surface area contributed by atoms with Crippen molar-refractivity contribution >= 4 is 22.9 Å². The molecule has 1 aromatic carbocycles. The number of benzene rings is 1. The zero-order valence-corrected chi connectivity index (χ0v) is 17.5. The maximum atomic E-state index is 11.9. The third kappa shape index (κ3) is 4.75. The van der Waals surface area contributed by atoms with Gasteiger partial charge in [0.05, 0.1) is 11.1 Å². The molecule has 0 unspecified atom stereocenters. The van der Waals surface area contributed by atoms with E-state index in [0.717, 1.165) is 81.5 Å². The highest BCUT2D eigenvalue weighted by molar-refractivity contribution is 5.95. The van der Waals surface area contributed by atoms with Crippen molar-refractivity contribution in [1.29, 1.82) is 5.26 Å². The standard InChI is InChI=1S/C23H31N5O/c1-3-27(4-2)15-12-25-17-23(18-29)9-13-28(14-10-23)21-8-7-19(16-24)22-20(21)6-5-11-26-22/h5-8,11,18,25H,3-4,9-10,12-15,17H2,1-2H3. The van der Waals surface area contributed by atoms with Crippen LogP contribution >= 0.6 is 0 Å². The Morgan fingerprint density at radius 1 is 1.28 bits per heavy atom. The molecule has 6 heteroatoms. The molecule has 0 atom stereocenters. The molecular formula is C23H31N5O. The first-order chi connectivity index (χ1) is 14.2. The van der Waals surface area contributed by atoms with E-state index < -0.39 is 0 Å². The average Bonchev–Trinajstić information content (AvgIpc) is 2.79. The second-order valence-electron chi connectivity index (χ2n) is 7.81. The Hall–Kier alpha value is -2.49. The molecule has 1 aliphatic rings. The summed E-state index contributed by atoms with van der Waals surface area (Å²) < 4.78 is 0. The molecule has 1 aromatic heterocycles. The zero-order valence-electron chi connectivity index (χ0n) is 17.5. The van der Waals surface area contributed by atoms with E-state index in [-0.39, 0.29) is 5.41 Å². The van der Waals surface area contributed by atoms with Crippen LogP contribution in [0.25, 0.3) is 10.9 Å². The van der Waals surface area contributed by atoms with Crippen molar-refractivity contribution in [2.24, 2.45) is 5.41 Å². The molecule has 3 rings (SSSR count). The number of hydrogen-bond donors (Lipinski definition) is 1. The summed E-state index contributed by atoms with van der Waals surface area (Å²) in [6, 6.07) is 10.0. The topological polar surface area (TPSA) is 72.3 Å². The molecule has 6 nitrogen and oxygen atoms in total. The fourth-order valence-corrected chi connectivity index (χ4v) is 4.17. The number of aromatic nitrogens is 1. The van der Waals surface area contributed by atoms with Crippen LogP contribution < -0.4 is 10.2 Å². The van der Waals surface area contributed by atoms with E-state index in [4.69, 9.17) is 0 Å². The molecule has 154 valence electrons. The van der Waals surface area contributed by atoms with Crippen molar-refractivity contribution in [3.8, 4) is 6.07 Å². The van der Waals surface area contributed by atoms with E-state index in [1.165, 1.54) is 0 Å². The second-order valence-corrected chi connectivity index (χ2v) is 7.81. The SMILES string of the molecule is CCN(CC)CCNCC1(C=O)CCN(c2ccc(C#N)c3ncccc23)CC1. The van der Waals surface area contributed by atoms with Gasteiger partial charge in [-0.3, -0.25) is 4.98 Å². The van der Waals surface area contributed by atoms with Crippen molar-refractivity contribution in [2.45, 2.75) is 26.7 Å². The number of fused-ring (bicyclic) bond motifs is 1. The number of hydrogen-bond acceptors (Lipinski definition) is 6. The first-order valence-corrected chi connectivity index (χ1v) is 10.6. The van der Waals surface area contributed by atoms with E-state index in [1.54, 1.807) is 6.20 Å². The van der Waals surface area contributed by atoms with Crippen molar-refractivity contribution in [3.63, 3.8) is 0 Å². The van der Waals surface area contributed by atoms with Gasteiger partial charge in [-0.1, -0.05) is 13.8 Å². The first-order valence-electron chi connectivity index (χ1n) is 10.6. The molecule has 0 amide bonds. The summed E-state index contributed by atoms with van der Waals surface area (Å²) in [5.41, 5.74) is 2.15. The molecule has 29 heavy (non-hydrogen) atoms. The number of nitrogens with one attached hydrogen (secondary N) is 1. The van der Waals surface area contributed by atoms with Crippen LogP contribution in [0.3, 0.4) is 0 Å². The number of carbonyl (C=O) groups excluding carboxylic acids is 1. The number of pyridine rings is 1. The van der Waals surface area contributed by atoms with Crippen LogP contribution in [0.4, 0.5) is 5.69 Å². The van der Waals surface area contributed by atoms with Crippen LogP contribution in [0.15, 0.2) is 30.5 Å². The molecule has 0 radical (unpaired) electrons. The summed E-state index contributed by atoms with van der Waals surface area (Å²) in [6.07, 6.45) is 4.55.